The van der Waals surface area contributed by atoms with Gasteiger partial charge >= 0.3 is 0 Å². The lowest BCUT2D eigenvalue weighted by Gasteiger charge is -2.30. The van der Waals surface area contributed by atoms with E-state index < -0.39 is 0 Å². The van der Waals surface area contributed by atoms with Gasteiger partial charge in [-0.25, -0.2) is 0 Å². The Morgan fingerprint density at radius 2 is 1.93 bits per heavy atom. The van der Waals surface area contributed by atoms with Gasteiger partial charge < -0.3 is 9.80 Å². The maximum atomic E-state index is 10.9. The van der Waals surface area contributed by atoms with Crippen molar-refractivity contribution in [3.05, 3.63) is 11.9 Å². The van der Waals surface area contributed by atoms with Crippen molar-refractivity contribution in [3.63, 3.8) is 0 Å². The predicted molar refractivity (Wildman–Crippen MR) is 113 cm³/mol. The van der Waals surface area contributed by atoms with E-state index in [0.29, 0.717) is 12.3 Å². The first-order valence-corrected chi connectivity index (χ1v) is 10.9. The second-order valence-corrected chi connectivity index (χ2v) is 8.20. The predicted octanol–water partition coefficient (Wildman–Crippen LogP) is 2.34. The summed E-state index contributed by atoms with van der Waals surface area (Å²) in [5.41, 5.74) is 0.961. The fourth-order valence-electron chi connectivity index (χ4n) is 3.06. The Kier molecular flexibility index (Phi) is 10.2. The minimum absolute atomic E-state index is 0.0596. The molecule has 3 heterocycles. The molecular formula is C19H34N6O2S. The highest BCUT2D eigenvalue weighted by Crippen LogP contribution is 2.21. The summed E-state index contributed by atoms with van der Waals surface area (Å²) in [7, 11) is 3.50. The number of carbonyl (C=O) groups excluding carboxylic acids is 2. The standard InChI is InChI=1S/C9H17NO.C6H10N2OS.C4H7N3/c1-3-9-4-6-10(7-5-9)8(2)11;1-8-5(9)3-4(10-2)6(8)7;1-4-3-7(2)6-5-4/h9H,3-7H2,1-2H3;4,7H,3H2,1-2H3;3H,1-2H3. The minimum atomic E-state index is 0.0596. The lowest BCUT2D eigenvalue weighted by atomic mass is 9.94. The molecule has 2 fully saturated rings. The first-order chi connectivity index (χ1) is 13.2. The van der Waals surface area contributed by atoms with Crippen molar-refractivity contribution in [2.45, 2.75) is 51.7 Å². The summed E-state index contributed by atoms with van der Waals surface area (Å²) in [5, 5.41) is 14.9. The van der Waals surface area contributed by atoms with E-state index >= 15 is 0 Å². The number of hydrogen-bond donors (Lipinski definition) is 1. The van der Waals surface area contributed by atoms with Crippen LogP contribution in [0.5, 0.6) is 0 Å². The largest absolute Gasteiger partial charge is 0.343 e. The molecule has 8 nitrogen and oxygen atoms in total. The van der Waals surface area contributed by atoms with Gasteiger partial charge in [0.1, 0.15) is 5.84 Å². The first kappa shape index (κ1) is 24.1. The normalized spacial score (nSPS) is 19.7. The van der Waals surface area contributed by atoms with Gasteiger partial charge in [-0.1, -0.05) is 18.6 Å². The molecule has 1 aromatic heterocycles. The van der Waals surface area contributed by atoms with E-state index in [9.17, 15) is 9.59 Å². The third-order valence-electron chi connectivity index (χ3n) is 5.04. The molecule has 2 aliphatic rings. The Morgan fingerprint density at radius 1 is 1.32 bits per heavy atom. The quantitative estimate of drug-likeness (QED) is 0.807. The first-order valence-electron chi connectivity index (χ1n) is 9.65. The Morgan fingerprint density at radius 3 is 2.18 bits per heavy atom. The molecule has 1 unspecified atom stereocenters. The second-order valence-electron chi connectivity index (χ2n) is 7.16. The molecule has 2 amide bonds. The molecule has 1 N–H and O–H groups in total. The zero-order chi connectivity index (χ0) is 21.3. The monoisotopic (exact) mass is 410 g/mol. The summed E-state index contributed by atoms with van der Waals surface area (Å²) >= 11 is 1.56. The van der Waals surface area contributed by atoms with Crippen molar-refractivity contribution in [1.82, 2.24) is 24.8 Å². The molecule has 0 radical (unpaired) electrons. The van der Waals surface area contributed by atoms with Crippen molar-refractivity contribution in [1.29, 1.82) is 5.41 Å². The highest BCUT2D eigenvalue weighted by molar-refractivity contribution is 8.00. The van der Waals surface area contributed by atoms with Crippen LogP contribution in [0.15, 0.2) is 6.20 Å². The number of aryl methyl sites for hydroxylation is 2. The van der Waals surface area contributed by atoms with Crippen molar-refractivity contribution in [2.24, 2.45) is 13.0 Å². The van der Waals surface area contributed by atoms with E-state index in [2.05, 4.69) is 17.2 Å². The molecule has 1 atom stereocenters. The van der Waals surface area contributed by atoms with Crippen molar-refractivity contribution < 1.29 is 9.59 Å². The average molecular weight is 411 g/mol. The molecule has 3 rings (SSSR count). The van der Waals surface area contributed by atoms with Crippen LogP contribution in [0, 0.1) is 18.3 Å². The van der Waals surface area contributed by atoms with Gasteiger partial charge in [-0.15, -0.1) is 5.10 Å². The van der Waals surface area contributed by atoms with Gasteiger partial charge in [0, 0.05) is 46.7 Å². The smallest absolute Gasteiger partial charge is 0.229 e. The minimum Gasteiger partial charge on any atom is -0.343 e. The number of carbonyl (C=O) groups is 2. The van der Waals surface area contributed by atoms with Crippen LogP contribution in [-0.2, 0) is 16.6 Å². The third-order valence-corrected chi connectivity index (χ3v) is 6.00. The molecule has 2 saturated heterocycles. The van der Waals surface area contributed by atoms with Gasteiger partial charge in [-0.3, -0.25) is 19.7 Å². The zero-order valence-electron chi connectivity index (χ0n) is 17.9. The van der Waals surface area contributed by atoms with Crippen LogP contribution in [0.4, 0.5) is 0 Å². The maximum Gasteiger partial charge on any atom is 0.229 e. The van der Waals surface area contributed by atoms with E-state index in [0.717, 1.165) is 24.7 Å². The van der Waals surface area contributed by atoms with Gasteiger partial charge in [-0.2, -0.15) is 11.8 Å². The highest BCUT2D eigenvalue weighted by atomic mass is 32.2. The van der Waals surface area contributed by atoms with Gasteiger partial charge in [0.25, 0.3) is 0 Å². The summed E-state index contributed by atoms with van der Waals surface area (Å²) in [6.45, 7) is 7.76. The summed E-state index contributed by atoms with van der Waals surface area (Å²) in [4.78, 5) is 25.2. The number of amidine groups is 1. The number of amides is 2. The van der Waals surface area contributed by atoms with Gasteiger partial charge in [0.15, 0.2) is 0 Å². The summed E-state index contributed by atoms with van der Waals surface area (Å²) < 4.78 is 1.68. The number of piperidine rings is 1. The lowest BCUT2D eigenvalue weighted by molar-refractivity contribution is -0.130. The molecule has 158 valence electrons. The topological polar surface area (TPSA) is 95.2 Å². The van der Waals surface area contributed by atoms with Crippen LogP contribution in [0.1, 0.15) is 45.2 Å². The molecule has 2 aliphatic heterocycles. The Balaban J connectivity index is 0.000000215. The number of rotatable bonds is 2. The zero-order valence-corrected chi connectivity index (χ0v) is 18.8. The number of aromatic nitrogens is 3. The number of nitrogens with zero attached hydrogens (tertiary/aromatic N) is 5. The second kappa shape index (κ2) is 11.8. The van der Waals surface area contributed by atoms with Crippen molar-refractivity contribution in [2.75, 3.05) is 26.4 Å². The fraction of sp³-hybridized carbons (Fsp3) is 0.737. The SMILES string of the molecule is CCC1CCN(C(C)=O)CC1.CSC1CC(=O)N(C)C1=N.Cc1cn(C)nn1. The maximum absolute atomic E-state index is 10.9. The number of likely N-dealkylation sites (tertiary alicyclic amines) is 2. The Bertz CT molecular complexity index is 638. The van der Waals surface area contributed by atoms with E-state index in [1.807, 2.05) is 31.3 Å². The molecule has 1 aromatic rings. The number of nitrogens with one attached hydrogen (secondary N) is 1. The number of thioether (sulfide) groups is 1. The van der Waals surface area contributed by atoms with Crippen LogP contribution in [0.25, 0.3) is 0 Å². The summed E-state index contributed by atoms with van der Waals surface area (Å²) in [5.74, 6) is 1.60. The van der Waals surface area contributed by atoms with E-state index in [-0.39, 0.29) is 17.1 Å². The van der Waals surface area contributed by atoms with Crippen LogP contribution >= 0.6 is 11.8 Å². The molecule has 9 heteroatoms. The third kappa shape index (κ3) is 7.61. The molecular weight excluding hydrogens is 376 g/mol. The van der Waals surface area contributed by atoms with Crippen LogP contribution in [0.3, 0.4) is 0 Å². The Labute approximate surface area is 172 Å². The molecule has 0 aliphatic carbocycles. The molecule has 0 aromatic carbocycles. The van der Waals surface area contributed by atoms with Gasteiger partial charge in [-0.05, 0) is 31.9 Å². The van der Waals surface area contributed by atoms with Crippen molar-refractivity contribution >= 4 is 29.4 Å². The lowest BCUT2D eigenvalue weighted by Crippen LogP contribution is -2.36. The Hall–Kier alpha value is -1.90. The van der Waals surface area contributed by atoms with E-state index in [4.69, 9.17) is 5.41 Å². The summed E-state index contributed by atoms with van der Waals surface area (Å²) in [6.07, 6.45) is 7.96. The van der Waals surface area contributed by atoms with E-state index in [1.165, 1.54) is 24.2 Å². The molecule has 0 saturated carbocycles. The summed E-state index contributed by atoms with van der Waals surface area (Å²) in [6, 6.07) is 0. The van der Waals surface area contributed by atoms with Crippen LogP contribution in [0.2, 0.25) is 0 Å². The fourth-order valence-corrected chi connectivity index (χ4v) is 3.75. The van der Waals surface area contributed by atoms with E-state index in [1.54, 1.807) is 30.4 Å². The van der Waals surface area contributed by atoms with Gasteiger partial charge in [0.05, 0.1) is 10.9 Å². The van der Waals surface area contributed by atoms with Crippen LogP contribution in [-0.4, -0.2) is 74.1 Å². The molecule has 28 heavy (non-hydrogen) atoms. The molecule has 0 bridgehead atoms. The molecule has 0 spiro atoms. The van der Waals surface area contributed by atoms with Gasteiger partial charge in [0.2, 0.25) is 11.8 Å². The van der Waals surface area contributed by atoms with Crippen LogP contribution < -0.4 is 0 Å². The van der Waals surface area contributed by atoms with Crippen molar-refractivity contribution in [3.8, 4) is 0 Å². The number of hydrogen-bond acceptors (Lipinski definition) is 6. The highest BCUT2D eigenvalue weighted by Gasteiger charge is 2.31. The average Bonchev–Trinajstić information content (AvgIpc) is 3.18.